The molecule has 1 amide bonds. The molecule has 0 fully saturated rings. The van der Waals surface area contributed by atoms with E-state index < -0.39 is 0 Å². The third-order valence-electron chi connectivity index (χ3n) is 3.78. The SMILES string of the molecule is COc1ccc(CC(=O)NCc2nc(-c3ccc(O)c(O)c3)cs2)cc1. The Hall–Kier alpha value is -3.06. The summed E-state index contributed by atoms with van der Waals surface area (Å²) in [5.41, 5.74) is 2.29. The quantitative estimate of drug-likeness (QED) is 0.580. The van der Waals surface area contributed by atoms with Crippen molar-refractivity contribution in [3.63, 3.8) is 0 Å². The lowest BCUT2D eigenvalue weighted by Crippen LogP contribution is -2.24. The number of phenolic OH excluding ortho intramolecular Hbond substituents is 2. The van der Waals surface area contributed by atoms with E-state index in [4.69, 9.17) is 4.74 Å². The number of carbonyl (C=O) groups excluding carboxylic acids is 1. The summed E-state index contributed by atoms with van der Waals surface area (Å²) in [6.45, 7) is 0.337. The number of benzene rings is 2. The van der Waals surface area contributed by atoms with Crippen molar-refractivity contribution >= 4 is 17.2 Å². The lowest BCUT2D eigenvalue weighted by atomic mass is 10.1. The molecular weight excluding hydrogens is 352 g/mol. The number of phenols is 2. The number of nitrogens with one attached hydrogen (secondary N) is 1. The predicted molar refractivity (Wildman–Crippen MR) is 99.4 cm³/mol. The van der Waals surface area contributed by atoms with Crippen LogP contribution in [-0.2, 0) is 17.8 Å². The van der Waals surface area contributed by atoms with Gasteiger partial charge in [-0.3, -0.25) is 4.79 Å². The molecule has 0 atom stereocenters. The fourth-order valence-electron chi connectivity index (χ4n) is 2.37. The second-order valence-corrected chi connectivity index (χ2v) is 6.57. The third kappa shape index (κ3) is 4.31. The third-order valence-corrected chi connectivity index (χ3v) is 4.63. The Labute approximate surface area is 154 Å². The van der Waals surface area contributed by atoms with Crippen molar-refractivity contribution in [3.05, 3.63) is 58.4 Å². The van der Waals surface area contributed by atoms with Gasteiger partial charge in [-0.05, 0) is 35.9 Å². The first-order chi connectivity index (χ1) is 12.5. The Bertz CT molecular complexity index is 906. The monoisotopic (exact) mass is 370 g/mol. The zero-order valence-corrected chi connectivity index (χ0v) is 14.9. The molecule has 0 spiro atoms. The van der Waals surface area contributed by atoms with Gasteiger partial charge >= 0.3 is 0 Å². The summed E-state index contributed by atoms with van der Waals surface area (Å²) in [5.74, 6) is 0.304. The van der Waals surface area contributed by atoms with Crippen molar-refractivity contribution in [3.8, 4) is 28.5 Å². The van der Waals surface area contributed by atoms with E-state index in [0.29, 0.717) is 17.8 Å². The van der Waals surface area contributed by atoms with Crippen LogP contribution in [0, 0.1) is 0 Å². The molecule has 0 radical (unpaired) electrons. The number of rotatable bonds is 6. The molecule has 6 nitrogen and oxygen atoms in total. The lowest BCUT2D eigenvalue weighted by molar-refractivity contribution is -0.120. The van der Waals surface area contributed by atoms with Crippen LogP contribution in [0.2, 0.25) is 0 Å². The van der Waals surface area contributed by atoms with Gasteiger partial charge in [-0.2, -0.15) is 0 Å². The smallest absolute Gasteiger partial charge is 0.224 e. The molecule has 3 N–H and O–H groups in total. The van der Waals surface area contributed by atoms with Crippen LogP contribution in [0.3, 0.4) is 0 Å². The Morgan fingerprint density at radius 3 is 2.62 bits per heavy atom. The number of thiazole rings is 1. The highest BCUT2D eigenvalue weighted by Crippen LogP contribution is 2.31. The van der Waals surface area contributed by atoms with Crippen LogP contribution in [0.25, 0.3) is 11.3 Å². The number of ether oxygens (including phenoxy) is 1. The number of methoxy groups -OCH3 is 1. The van der Waals surface area contributed by atoms with Gasteiger partial charge in [0.15, 0.2) is 11.5 Å². The van der Waals surface area contributed by atoms with Crippen molar-refractivity contribution in [1.82, 2.24) is 10.3 Å². The summed E-state index contributed by atoms with van der Waals surface area (Å²) >= 11 is 1.42. The average Bonchev–Trinajstić information content (AvgIpc) is 3.12. The van der Waals surface area contributed by atoms with Crippen LogP contribution in [-0.4, -0.2) is 28.2 Å². The molecule has 0 bridgehead atoms. The van der Waals surface area contributed by atoms with Gasteiger partial charge in [-0.1, -0.05) is 12.1 Å². The largest absolute Gasteiger partial charge is 0.504 e. The van der Waals surface area contributed by atoms with Crippen molar-refractivity contribution in [2.75, 3.05) is 7.11 Å². The minimum Gasteiger partial charge on any atom is -0.504 e. The number of hydrogen-bond donors (Lipinski definition) is 3. The van der Waals surface area contributed by atoms with Crippen LogP contribution < -0.4 is 10.1 Å². The molecule has 3 aromatic rings. The van der Waals surface area contributed by atoms with E-state index in [1.54, 1.807) is 13.2 Å². The fourth-order valence-corrected chi connectivity index (χ4v) is 3.12. The summed E-state index contributed by atoms with van der Waals surface area (Å²) in [5, 5.41) is 24.4. The van der Waals surface area contributed by atoms with Crippen LogP contribution >= 0.6 is 11.3 Å². The molecule has 2 aromatic carbocycles. The van der Waals surface area contributed by atoms with E-state index in [9.17, 15) is 15.0 Å². The minimum absolute atomic E-state index is 0.0887. The fraction of sp³-hybridized carbons (Fsp3) is 0.158. The highest BCUT2D eigenvalue weighted by atomic mass is 32.1. The van der Waals surface area contributed by atoms with Gasteiger partial charge in [-0.15, -0.1) is 11.3 Å². The molecule has 0 aliphatic carbocycles. The maximum atomic E-state index is 12.1. The summed E-state index contributed by atoms with van der Waals surface area (Å²) in [6, 6.07) is 11.9. The molecule has 0 saturated carbocycles. The van der Waals surface area contributed by atoms with Crippen molar-refractivity contribution < 1.29 is 19.7 Å². The topological polar surface area (TPSA) is 91.7 Å². The van der Waals surface area contributed by atoms with Gasteiger partial charge in [0.1, 0.15) is 10.8 Å². The van der Waals surface area contributed by atoms with E-state index in [2.05, 4.69) is 10.3 Å². The van der Waals surface area contributed by atoms with Gasteiger partial charge in [0, 0.05) is 10.9 Å². The number of hydrogen-bond acceptors (Lipinski definition) is 6. The highest BCUT2D eigenvalue weighted by Gasteiger charge is 2.09. The van der Waals surface area contributed by atoms with Gasteiger partial charge < -0.3 is 20.3 Å². The van der Waals surface area contributed by atoms with Crippen LogP contribution in [0.4, 0.5) is 0 Å². The predicted octanol–water partition coefficient (Wildman–Crippen LogP) is 3.09. The van der Waals surface area contributed by atoms with Crippen LogP contribution in [0.1, 0.15) is 10.6 Å². The van der Waals surface area contributed by atoms with Gasteiger partial charge in [0.25, 0.3) is 0 Å². The number of carbonyl (C=O) groups is 1. The zero-order valence-electron chi connectivity index (χ0n) is 14.1. The molecule has 7 heteroatoms. The Morgan fingerprint density at radius 1 is 1.15 bits per heavy atom. The summed E-state index contributed by atoms with van der Waals surface area (Å²) in [7, 11) is 1.60. The highest BCUT2D eigenvalue weighted by molar-refractivity contribution is 7.09. The first-order valence-electron chi connectivity index (χ1n) is 7.91. The number of amides is 1. The van der Waals surface area contributed by atoms with E-state index in [1.807, 2.05) is 29.6 Å². The van der Waals surface area contributed by atoms with Gasteiger partial charge in [-0.25, -0.2) is 4.98 Å². The average molecular weight is 370 g/mol. The standard InChI is InChI=1S/C19H18N2O4S/c1-25-14-5-2-12(3-6-14)8-18(24)20-10-19-21-15(11-26-19)13-4-7-16(22)17(23)9-13/h2-7,9,11,22-23H,8,10H2,1H3,(H,20,24). The summed E-state index contributed by atoms with van der Waals surface area (Å²) < 4.78 is 5.10. The van der Waals surface area contributed by atoms with Gasteiger partial charge in [0.2, 0.25) is 5.91 Å². The lowest BCUT2D eigenvalue weighted by Gasteiger charge is -2.05. The van der Waals surface area contributed by atoms with E-state index in [1.165, 1.54) is 23.5 Å². The summed E-state index contributed by atoms with van der Waals surface area (Å²) in [4.78, 5) is 16.5. The Morgan fingerprint density at radius 2 is 1.92 bits per heavy atom. The minimum atomic E-state index is -0.190. The molecule has 26 heavy (non-hydrogen) atoms. The van der Waals surface area contributed by atoms with Crippen LogP contribution in [0.15, 0.2) is 47.8 Å². The second kappa shape index (κ2) is 7.88. The van der Waals surface area contributed by atoms with Crippen LogP contribution in [0.5, 0.6) is 17.2 Å². The number of nitrogens with zero attached hydrogens (tertiary/aromatic N) is 1. The molecule has 3 rings (SSSR count). The second-order valence-electron chi connectivity index (χ2n) is 5.63. The molecule has 0 unspecified atom stereocenters. The maximum Gasteiger partial charge on any atom is 0.224 e. The first-order valence-corrected chi connectivity index (χ1v) is 8.79. The number of aromatic nitrogens is 1. The van der Waals surface area contributed by atoms with E-state index >= 15 is 0 Å². The Balaban J connectivity index is 1.57. The van der Waals surface area contributed by atoms with E-state index in [0.717, 1.165) is 16.3 Å². The molecule has 0 aliphatic rings. The first kappa shape index (κ1) is 17.8. The van der Waals surface area contributed by atoms with Crippen molar-refractivity contribution in [1.29, 1.82) is 0 Å². The van der Waals surface area contributed by atoms with Crippen molar-refractivity contribution in [2.24, 2.45) is 0 Å². The molecular formula is C19H18N2O4S. The molecule has 134 valence electrons. The number of aromatic hydroxyl groups is 2. The van der Waals surface area contributed by atoms with Crippen molar-refractivity contribution in [2.45, 2.75) is 13.0 Å². The molecule has 0 saturated heterocycles. The normalized spacial score (nSPS) is 10.5. The van der Waals surface area contributed by atoms with E-state index in [-0.39, 0.29) is 23.8 Å². The molecule has 0 aliphatic heterocycles. The molecule has 1 aromatic heterocycles. The zero-order chi connectivity index (χ0) is 18.5. The van der Waals surface area contributed by atoms with Gasteiger partial charge in [0.05, 0.1) is 25.8 Å². The summed E-state index contributed by atoms with van der Waals surface area (Å²) in [6.07, 6.45) is 0.286. The Kier molecular flexibility index (Phi) is 5.38. The molecule has 1 heterocycles. The maximum absolute atomic E-state index is 12.1.